The Balaban J connectivity index is 0.00000180. The first-order valence-corrected chi connectivity index (χ1v) is 5.36. The van der Waals surface area contributed by atoms with Gasteiger partial charge in [-0.3, -0.25) is 0 Å². The molecule has 1 aromatic rings. The van der Waals surface area contributed by atoms with Crippen LogP contribution in [0.1, 0.15) is 34.8 Å². The number of benzene rings is 1. The fourth-order valence-corrected chi connectivity index (χ4v) is 1.91. The zero-order valence-electron chi connectivity index (χ0n) is 9.89. The predicted molar refractivity (Wildman–Crippen MR) is 72.4 cm³/mol. The first-order chi connectivity index (χ1) is 8.49. The van der Waals surface area contributed by atoms with Crippen molar-refractivity contribution >= 4 is 24.3 Å². The van der Waals surface area contributed by atoms with Crippen molar-refractivity contribution in [3.63, 3.8) is 0 Å². The van der Waals surface area contributed by atoms with Crippen LogP contribution in [0.5, 0.6) is 0 Å². The molecule has 7 heteroatoms. The van der Waals surface area contributed by atoms with Crippen molar-refractivity contribution in [3.05, 3.63) is 40.6 Å². The number of nitrogens with zero attached hydrogens (tertiary/aromatic N) is 1. The Labute approximate surface area is 115 Å². The summed E-state index contributed by atoms with van der Waals surface area (Å²) in [7, 11) is 0. The number of halogens is 1. The van der Waals surface area contributed by atoms with Gasteiger partial charge in [0.25, 0.3) is 0 Å². The van der Waals surface area contributed by atoms with E-state index < -0.39 is 12.6 Å². The first-order valence-electron chi connectivity index (χ1n) is 5.36. The molecule has 0 aromatic heterocycles. The summed E-state index contributed by atoms with van der Waals surface area (Å²) in [6.07, 6.45) is 0.00175. The van der Waals surface area contributed by atoms with Crippen molar-refractivity contribution in [2.24, 2.45) is 10.7 Å². The van der Waals surface area contributed by atoms with Crippen LogP contribution in [0.25, 0.3) is 6.08 Å². The number of aliphatic hydroxyl groups excluding tert-OH is 2. The maximum atomic E-state index is 9.25. The topological polar surface area (TPSA) is 119 Å². The van der Waals surface area contributed by atoms with Crippen LogP contribution in [-0.4, -0.2) is 26.3 Å². The summed E-state index contributed by atoms with van der Waals surface area (Å²) >= 11 is 0. The summed E-state index contributed by atoms with van der Waals surface area (Å²) in [5.41, 5.74) is 7.21. The molecule has 0 saturated carbocycles. The summed E-state index contributed by atoms with van der Waals surface area (Å²) in [6.45, 7) is 0. The molecule has 2 rings (SSSR count). The Morgan fingerprint density at radius 2 is 1.63 bits per heavy atom. The molecular weight excluding hydrogens is 272 g/mol. The van der Waals surface area contributed by atoms with Crippen LogP contribution in [0, 0.1) is 0 Å². The van der Waals surface area contributed by atoms with E-state index in [-0.39, 0.29) is 23.5 Å². The largest absolute Gasteiger partial charge is 0.387 e. The molecule has 6 nitrogen and oxygen atoms in total. The lowest BCUT2D eigenvalue weighted by molar-refractivity contribution is -0.0635. The lowest BCUT2D eigenvalue weighted by atomic mass is 9.95. The minimum atomic E-state index is -1.78. The Bertz CT molecular complexity index is 527. The Morgan fingerprint density at radius 1 is 1.05 bits per heavy atom. The molecule has 1 heterocycles. The fourth-order valence-electron chi connectivity index (χ4n) is 1.91. The molecule has 0 saturated heterocycles. The van der Waals surface area contributed by atoms with Crippen molar-refractivity contribution in [1.82, 2.24) is 0 Å². The highest BCUT2D eigenvalue weighted by molar-refractivity contribution is 5.86. The van der Waals surface area contributed by atoms with Gasteiger partial charge in [-0.1, -0.05) is 0 Å². The normalized spacial score (nSPS) is 13.9. The van der Waals surface area contributed by atoms with E-state index in [4.69, 9.17) is 5.73 Å². The van der Waals surface area contributed by atoms with Crippen molar-refractivity contribution in [1.29, 1.82) is 0 Å². The highest BCUT2D eigenvalue weighted by Crippen LogP contribution is 2.27. The summed E-state index contributed by atoms with van der Waals surface area (Å²) in [4.78, 5) is 3.95. The zero-order valence-corrected chi connectivity index (χ0v) is 10.7. The van der Waals surface area contributed by atoms with E-state index in [9.17, 15) is 20.4 Å². The van der Waals surface area contributed by atoms with Gasteiger partial charge >= 0.3 is 0 Å². The number of hydrogen-bond acceptors (Lipinski definition) is 6. The molecule has 1 aliphatic rings. The third kappa shape index (κ3) is 3.31. The van der Waals surface area contributed by atoms with Crippen LogP contribution in [0.15, 0.2) is 23.3 Å². The number of aliphatic hydroxyl groups is 4. The molecule has 0 spiro atoms. The minimum absolute atomic E-state index is 0. The van der Waals surface area contributed by atoms with Crippen molar-refractivity contribution in [3.8, 4) is 0 Å². The number of amidine groups is 1. The second-order valence-electron chi connectivity index (χ2n) is 4.04. The van der Waals surface area contributed by atoms with Gasteiger partial charge in [-0.15, -0.1) is 12.4 Å². The molecule has 0 amide bonds. The Morgan fingerprint density at radius 3 is 2.21 bits per heavy atom. The fraction of sp³-hybridized carbons (Fsp3) is 0.250. The van der Waals surface area contributed by atoms with Gasteiger partial charge in [0.2, 0.25) is 0 Å². The van der Waals surface area contributed by atoms with Gasteiger partial charge in [0.1, 0.15) is 5.84 Å². The molecule has 19 heavy (non-hydrogen) atoms. The maximum absolute atomic E-state index is 9.25. The molecule has 0 fully saturated rings. The van der Waals surface area contributed by atoms with Crippen LogP contribution in [0.3, 0.4) is 0 Å². The Hall–Kier alpha value is -1.44. The second-order valence-corrected chi connectivity index (χ2v) is 4.04. The van der Waals surface area contributed by atoms with E-state index in [1.54, 1.807) is 6.08 Å². The van der Waals surface area contributed by atoms with Gasteiger partial charge in [0.05, 0.1) is 0 Å². The van der Waals surface area contributed by atoms with Crippen LogP contribution in [0.2, 0.25) is 0 Å². The smallest absolute Gasteiger partial charge is 0.178 e. The third-order valence-corrected chi connectivity index (χ3v) is 2.77. The van der Waals surface area contributed by atoms with Gasteiger partial charge in [-0.05, 0) is 29.3 Å². The van der Waals surface area contributed by atoms with Crippen LogP contribution in [0.4, 0.5) is 0 Å². The number of hydrogen-bond donors (Lipinski definition) is 5. The van der Waals surface area contributed by atoms with Crippen molar-refractivity contribution < 1.29 is 20.4 Å². The molecule has 1 aliphatic heterocycles. The van der Waals surface area contributed by atoms with Crippen LogP contribution in [-0.2, 0) is 6.42 Å². The van der Waals surface area contributed by atoms with Crippen molar-refractivity contribution in [2.75, 3.05) is 0 Å². The van der Waals surface area contributed by atoms with Crippen molar-refractivity contribution in [2.45, 2.75) is 19.0 Å². The van der Waals surface area contributed by atoms with Gasteiger partial charge in [-0.25, -0.2) is 4.99 Å². The molecular formula is C12H15ClN2O4. The van der Waals surface area contributed by atoms with E-state index in [1.807, 2.05) is 0 Å². The third-order valence-electron chi connectivity index (χ3n) is 2.77. The minimum Gasteiger partial charge on any atom is -0.387 e. The average molecular weight is 287 g/mol. The molecule has 0 aliphatic carbocycles. The van der Waals surface area contributed by atoms with Gasteiger partial charge in [-0.2, -0.15) is 0 Å². The summed E-state index contributed by atoms with van der Waals surface area (Å²) in [5.74, 6) is 0.403. The quantitative estimate of drug-likeness (QED) is 0.489. The summed E-state index contributed by atoms with van der Waals surface area (Å²) in [6, 6.07) is 2.98. The van der Waals surface area contributed by atoms with Crippen LogP contribution < -0.4 is 5.73 Å². The number of nitrogens with two attached hydrogens (primary N) is 1. The monoisotopic (exact) mass is 286 g/mol. The van der Waals surface area contributed by atoms with E-state index in [0.717, 1.165) is 5.56 Å². The molecule has 6 N–H and O–H groups in total. The Kier molecular flexibility index (Phi) is 5.04. The molecule has 104 valence electrons. The molecule has 0 unspecified atom stereocenters. The molecule has 0 radical (unpaired) electrons. The van der Waals surface area contributed by atoms with Crippen LogP contribution >= 0.6 is 12.4 Å². The SMILES string of the molecule is Cl.NC1=NC=Cc2cc(C(O)O)c(C(O)O)cc2C1. The lowest BCUT2D eigenvalue weighted by Crippen LogP contribution is -2.15. The molecule has 0 atom stereocenters. The predicted octanol–water partition coefficient (Wildman–Crippen LogP) is -0.0412. The summed E-state index contributed by atoms with van der Waals surface area (Å²) in [5, 5.41) is 37.0. The van der Waals surface area contributed by atoms with Gasteiger partial charge in [0, 0.05) is 23.7 Å². The molecule has 0 bridgehead atoms. The highest BCUT2D eigenvalue weighted by Gasteiger charge is 2.18. The zero-order chi connectivity index (χ0) is 13.3. The highest BCUT2D eigenvalue weighted by atomic mass is 35.5. The maximum Gasteiger partial charge on any atom is 0.178 e. The number of rotatable bonds is 2. The average Bonchev–Trinajstić information content (AvgIpc) is 2.47. The van der Waals surface area contributed by atoms with Gasteiger partial charge < -0.3 is 26.2 Å². The number of fused-ring (bicyclic) bond motifs is 1. The second kappa shape index (κ2) is 6.14. The lowest BCUT2D eigenvalue weighted by Gasteiger charge is -2.16. The standard InChI is InChI=1S/C12H14N2O4.ClH/c13-10-5-7-4-9(12(17)18)8(11(15)16)3-6(7)1-2-14-10;/h1-4,11-12,15-18H,5H2,(H2,13,14);1H. The summed E-state index contributed by atoms with van der Waals surface area (Å²) < 4.78 is 0. The van der Waals surface area contributed by atoms with E-state index in [1.165, 1.54) is 18.3 Å². The first kappa shape index (κ1) is 15.6. The van der Waals surface area contributed by atoms with Gasteiger partial charge in [0.15, 0.2) is 12.6 Å². The number of aliphatic imine (C=N–C) groups is 1. The molecule has 1 aromatic carbocycles. The van der Waals surface area contributed by atoms with E-state index in [2.05, 4.69) is 4.99 Å². The van der Waals surface area contributed by atoms with E-state index >= 15 is 0 Å². The van der Waals surface area contributed by atoms with E-state index in [0.29, 0.717) is 17.8 Å².